The molecule has 1 amide bonds. The smallest absolute Gasteiger partial charge is 0.254 e. The monoisotopic (exact) mass is 282 g/mol. The topological polar surface area (TPSA) is 32.3 Å². The minimum Gasteiger partial charge on any atom is -0.339 e. The van der Waals surface area contributed by atoms with Gasteiger partial charge < -0.3 is 10.2 Å². The molecule has 0 aliphatic carbocycles. The molecule has 1 fully saturated rings. The van der Waals surface area contributed by atoms with E-state index in [2.05, 4.69) is 17.4 Å². The van der Waals surface area contributed by atoms with Gasteiger partial charge in [-0.3, -0.25) is 4.79 Å². The van der Waals surface area contributed by atoms with Crippen LogP contribution in [0.1, 0.15) is 23.2 Å². The molecule has 3 nitrogen and oxygen atoms in total. The molecule has 110 valence electrons. The van der Waals surface area contributed by atoms with Crippen molar-refractivity contribution in [3.8, 4) is 0 Å². The largest absolute Gasteiger partial charge is 0.339 e. The Balaban J connectivity index is 1.79. The highest BCUT2D eigenvalue weighted by Gasteiger charge is 2.24. The predicted octanol–water partition coefficient (Wildman–Crippen LogP) is 2.91. The van der Waals surface area contributed by atoms with E-state index in [0.29, 0.717) is 5.92 Å². The van der Waals surface area contributed by atoms with E-state index in [1.165, 1.54) is 0 Å². The summed E-state index contributed by atoms with van der Waals surface area (Å²) in [6.07, 6.45) is 2.19. The molecule has 2 aromatic carbocycles. The molecule has 0 atom stereocenters. The fourth-order valence-corrected chi connectivity index (χ4v) is 3.21. The van der Waals surface area contributed by atoms with Crippen LogP contribution in [0.25, 0.3) is 10.8 Å². The Kier molecular flexibility index (Phi) is 4.20. The first kappa shape index (κ1) is 14.1. The molecule has 1 N–H and O–H groups in total. The van der Waals surface area contributed by atoms with Crippen LogP contribution in [-0.4, -0.2) is 37.5 Å². The first-order valence-corrected chi connectivity index (χ1v) is 7.71. The van der Waals surface area contributed by atoms with Crippen LogP contribution in [0.15, 0.2) is 42.5 Å². The number of hydrogen-bond donors (Lipinski definition) is 1. The van der Waals surface area contributed by atoms with Gasteiger partial charge in [-0.2, -0.15) is 0 Å². The number of likely N-dealkylation sites (tertiary alicyclic amines) is 1. The molecule has 0 saturated carbocycles. The van der Waals surface area contributed by atoms with Gasteiger partial charge in [0, 0.05) is 18.7 Å². The summed E-state index contributed by atoms with van der Waals surface area (Å²) in [5.41, 5.74) is 0.833. The number of carbonyl (C=O) groups excluding carboxylic acids is 1. The summed E-state index contributed by atoms with van der Waals surface area (Å²) in [7, 11) is 1.99. The summed E-state index contributed by atoms with van der Waals surface area (Å²) in [6.45, 7) is 2.79. The predicted molar refractivity (Wildman–Crippen MR) is 86.5 cm³/mol. The van der Waals surface area contributed by atoms with E-state index in [9.17, 15) is 4.79 Å². The maximum absolute atomic E-state index is 12.8. The second-order valence-electron chi connectivity index (χ2n) is 5.82. The molecule has 1 aliphatic rings. The van der Waals surface area contributed by atoms with Crippen molar-refractivity contribution in [1.29, 1.82) is 0 Å². The number of amides is 1. The maximum atomic E-state index is 12.8. The molecule has 0 unspecified atom stereocenters. The van der Waals surface area contributed by atoms with Gasteiger partial charge in [0.15, 0.2) is 0 Å². The van der Waals surface area contributed by atoms with Crippen LogP contribution in [0.2, 0.25) is 0 Å². The Morgan fingerprint density at radius 1 is 1.14 bits per heavy atom. The van der Waals surface area contributed by atoms with Crippen molar-refractivity contribution < 1.29 is 4.79 Å². The Labute approximate surface area is 125 Å². The van der Waals surface area contributed by atoms with Crippen molar-refractivity contribution in [3.05, 3.63) is 48.0 Å². The Morgan fingerprint density at radius 2 is 1.86 bits per heavy atom. The molecular weight excluding hydrogens is 260 g/mol. The summed E-state index contributed by atoms with van der Waals surface area (Å²) < 4.78 is 0. The summed E-state index contributed by atoms with van der Waals surface area (Å²) in [6, 6.07) is 14.1. The second kappa shape index (κ2) is 6.27. The normalized spacial score (nSPS) is 16.3. The van der Waals surface area contributed by atoms with Crippen molar-refractivity contribution >= 4 is 16.7 Å². The molecule has 0 bridgehead atoms. The minimum absolute atomic E-state index is 0.176. The van der Waals surface area contributed by atoms with E-state index in [0.717, 1.165) is 48.8 Å². The third kappa shape index (κ3) is 2.93. The van der Waals surface area contributed by atoms with E-state index in [1.54, 1.807) is 0 Å². The zero-order valence-corrected chi connectivity index (χ0v) is 12.5. The van der Waals surface area contributed by atoms with Crippen LogP contribution in [0.5, 0.6) is 0 Å². The highest BCUT2D eigenvalue weighted by Crippen LogP contribution is 2.23. The van der Waals surface area contributed by atoms with Crippen LogP contribution < -0.4 is 5.32 Å². The van der Waals surface area contributed by atoms with Crippen LogP contribution in [0.4, 0.5) is 0 Å². The Morgan fingerprint density at radius 3 is 2.62 bits per heavy atom. The average molecular weight is 282 g/mol. The third-order valence-electron chi connectivity index (χ3n) is 4.41. The SMILES string of the molecule is CNCC1CCN(C(=O)c2cccc3ccccc23)CC1. The lowest BCUT2D eigenvalue weighted by molar-refractivity contribution is 0.0693. The highest BCUT2D eigenvalue weighted by atomic mass is 16.2. The number of nitrogens with zero attached hydrogens (tertiary/aromatic N) is 1. The van der Waals surface area contributed by atoms with Gasteiger partial charge in [-0.1, -0.05) is 36.4 Å². The number of nitrogens with one attached hydrogen (secondary N) is 1. The van der Waals surface area contributed by atoms with Crippen molar-refractivity contribution in [1.82, 2.24) is 10.2 Å². The second-order valence-corrected chi connectivity index (χ2v) is 5.82. The minimum atomic E-state index is 0.176. The van der Waals surface area contributed by atoms with E-state index >= 15 is 0 Å². The lowest BCUT2D eigenvalue weighted by Gasteiger charge is -2.32. The number of carbonyl (C=O) groups is 1. The standard InChI is InChI=1S/C18H22N2O/c1-19-13-14-9-11-20(12-10-14)18(21)17-8-4-6-15-5-2-3-7-16(15)17/h2-8,14,19H,9-13H2,1H3. The summed E-state index contributed by atoms with van der Waals surface area (Å²) >= 11 is 0. The zero-order valence-electron chi connectivity index (χ0n) is 12.5. The quantitative estimate of drug-likeness (QED) is 0.939. The van der Waals surface area contributed by atoms with Crippen molar-refractivity contribution in [2.45, 2.75) is 12.8 Å². The van der Waals surface area contributed by atoms with Gasteiger partial charge in [-0.05, 0) is 49.2 Å². The van der Waals surface area contributed by atoms with E-state index in [4.69, 9.17) is 0 Å². The molecular formula is C18H22N2O. The summed E-state index contributed by atoms with van der Waals surface area (Å²) in [5.74, 6) is 0.876. The van der Waals surface area contributed by atoms with Crippen LogP contribution in [0, 0.1) is 5.92 Å². The molecule has 0 aromatic heterocycles. The molecule has 0 spiro atoms. The van der Waals surface area contributed by atoms with Crippen LogP contribution >= 0.6 is 0 Å². The van der Waals surface area contributed by atoms with Gasteiger partial charge in [0.2, 0.25) is 0 Å². The van der Waals surface area contributed by atoms with Crippen LogP contribution in [0.3, 0.4) is 0 Å². The number of rotatable bonds is 3. The van der Waals surface area contributed by atoms with Crippen molar-refractivity contribution in [2.75, 3.05) is 26.7 Å². The van der Waals surface area contributed by atoms with Gasteiger partial charge in [-0.15, -0.1) is 0 Å². The molecule has 1 heterocycles. The van der Waals surface area contributed by atoms with E-state index < -0.39 is 0 Å². The molecule has 0 radical (unpaired) electrons. The molecule has 3 rings (SSSR count). The first-order chi connectivity index (χ1) is 10.3. The Bertz CT molecular complexity index is 625. The number of benzene rings is 2. The fourth-order valence-electron chi connectivity index (χ4n) is 3.21. The number of fused-ring (bicyclic) bond motifs is 1. The summed E-state index contributed by atoms with van der Waals surface area (Å²) in [5, 5.41) is 5.42. The number of piperidine rings is 1. The van der Waals surface area contributed by atoms with Gasteiger partial charge in [0.05, 0.1) is 0 Å². The third-order valence-corrected chi connectivity index (χ3v) is 4.41. The van der Waals surface area contributed by atoms with Gasteiger partial charge in [0.25, 0.3) is 5.91 Å². The molecule has 1 saturated heterocycles. The zero-order chi connectivity index (χ0) is 14.7. The van der Waals surface area contributed by atoms with Crippen molar-refractivity contribution in [3.63, 3.8) is 0 Å². The molecule has 3 heteroatoms. The van der Waals surface area contributed by atoms with E-state index in [1.807, 2.05) is 42.3 Å². The lowest BCUT2D eigenvalue weighted by atomic mass is 9.95. The molecule has 2 aromatic rings. The van der Waals surface area contributed by atoms with Gasteiger partial charge in [0.1, 0.15) is 0 Å². The lowest BCUT2D eigenvalue weighted by Crippen LogP contribution is -2.40. The van der Waals surface area contributed by atoms with Gasteiger partial charge >= 0.3 is 0 Å². The van der Waals surface area contributed by atoms with Crippen molar-refractivity contribution in [2.24, 2.45) is 5.92 Å². The Hall–Kier alpha value is -1.87. The fraction of sp³-hybridized carbons (Fsp3) is 0.389. The first-order valence-electron chi connectivity index (χ1n) is 7.71. The molecule has 21 heavy (non-hydrogen) atoms. The van der Waals surface area contributed by atoms with Gasteiger partial charge in [-0.25, -0.2) is 0 Å². The van der Waals surface area contributed by atoms with E-state index in [-0.39, 0.29) is 5.91 Å². The average Bonchev–Trinajstić information content (AvgIpc) is 2.55. The highest BCUT2D eigenvalue weighted by molar-refractivity contribution is 6.07. The number of hydrogen-bond acceptors (Lipinski definition) is 2. The summed E-state index contributed by atoms with van der Waals surface area (Å²) in [4.78, 5) is 14.8. The van der Waals surface area contributed by atoms with Crippen LogP contribution in [-0.2, 0) is 0 Å². The molecule has 1 aliphatic heterocycles. The maximum Gasteiger partial charge on any atom is 0.254 e.